The maximum atomic E-state index is 13.3. The maximum absolute atomic E-state index is 13.3. The third-order valence-electron chi connectivity index (χ3n) is 6.63. The largest absolute Gasteiger partial charge is 0.416 e. The lowest BCUT2D eigenvalue weighted by Crippen LogP contribution is -2.54. The van der Waals surface area contributed by atoms with Crippen molar-refractivity contribution in [2.45, 2.75) is 68.6 Å². The number of hydrogen-bond acceptors (Lipinski definition) is 5. The quantitative estimate of drug-likeness (QED) is 0.221. The summed E-state index contributed by atoms with van der Waals surface area (Å²) in [4.78, 5) is 39.3. The van der Waals surface area contributed by atoms with Crippen LogP contribution in [0, 0.1) is 0 Å². The number of carbonyl (C=O) groups is 3. The molecule has 3 amide bonds. The van der Waals surface area contributed by atoms with E-state index in [-0.39, 0.29) is 29.2 Å². The molecule has 1 fully saturated rings. The molecule has 0 saturated heterocycles. The van der Waals surface area contributed by atoms with Gasteiger partial charge in [-0.2, -0.15) is 13.2 Å². The molecule has 0 unspecified atom stereocenters. The minimum Gasteiger partial charge on any atom is -0.384 e. The van der Waals surface area contributed by atoms with E-state index in [9.17, 15) is 27.6 Å². The summed E-state index contributed by atoms with van der Waals surface area (Å²) in [6.45, 7) is 2.07. The average Bonchev–Trinajstić information content (AvgIpc) is 2.92. The first kappa shape index (κ1) is 30.3. The molecule has 0 spiro atoms. The fourth-order valence-corrected chi connectivity index (χ4v) is 4.85. The van der Waals surface area contributed by atoms with Crippen LogP contribution in [-0.4, -0.2) is 49.2 Å². The molecule has 0 radical (unpaired) electrons. The second-order valence-corrected chi connectivity index (χ2v) is 10.4. The number of thioether (sulfide) groups is 1. The van der Waals surface area contributed by atoms with Crippen molar-refractivity contribution in [3.05, 3.63) is 59.2 Å². The molecule has 0 aromatic heterocycles. The van der Waals surface area contributed by atoms with Gasteiger partial charge in [-0.3, -0.25) is 14.4 Å². The number of anilines is 1. The number of hydrogen-bond donors (Lipinski definition) is 4. The van der Waals surface area contributed by atoms with Crippen LogP contribution < -0.4 is 21.3 Å². The number of carbonyl (C=O) groups excluding carboxylic acids is 3. The molecule has 4 N–H and O–H groups in total. The van der Waals surface area contributed by atoms with Gasteiger partial charge in [0.25, 0.3) is 11.8 Å². The second-order valence-electron chi connectivity index (χ2n) is 9.49. The highest BCUT2D eigenvalue weighted by atomic mass is 32.2. The van der Waals surface area contributed by atoms with E-state index in [1.54, 1.807) is 23.9 Å². The molecule has 3 rings (SSSR count). The molecule has 2 aromatic rings. The monoisotopic (exact) mass is 564 g/mol. The van der Waals surface area contributed by atoms with Crippen LogP contribution in [0.3, 0.4) is 0 Å². The van der Waals surface area contributed by atoms with E-state index in [2.05, 4.69) is 21.3 Å². The lowest BCUT2D eigenvalue weighted by Gasteiger charge is -2.33. The predicted molar refractivity (Wildman–Crippen MR) is 147 cm³/mol. The summed E-state index contributed by atoms with van der Waals surface area (Å²) in [5, 5.41) is 11.3. The van der Waals surface area contributed by atoms with Gasteiger partial charge in [0.15, 0.2) is 0 Å². The zero-order valence-corrected chi connectivity index (χ0v) is 22.9. The summed E-state index contributed by atoms with van der Waals surface area (Å²) in [6, 6.07) is 9.61. The molecule has 2 aromatic carbocycles. The van der Waals surface area contributed by atoms with Crippen molar-refractivity contribution < 1.29 is 27.6 Å². The standard InChI is InChI=1S/C28H35F3N4O3S/c1-3-4-15-32-22-14-11-19(28(29,30)31)16-21(22)27(38)33-17-25(36)34-23-7-5-6-8-24(23)35-26(37)18-9-12-20(39-2)13-10-18/h9-14,16,23-24,32H,3-8,15,17H2,1-2H3,(H,33,38)(H,34,36)(H,35,37)/t23-,24+/m1/s1. The fraction of sp³-hybridized carbons (Fsp3) is 0.464. The molecule has 11 heteroatoms. The highest BCUT2D eigenvalue weighted by molar-refractivity contribution is 7.98. The lowest BCUT2D eigenvalue weighted by molar-refractivity contribution is -0.137. The highest BCUT2D eigenvalue weighted by Crippen LogP contribution is 2.32. The maximum Gasteiger partial charge on any atom is 0.416 e. The molecule has 1 aliphatic rings. The van der Waals surface area contributed by atoms with Gasteiger partial charge in [-0.25, -0.2) is 0 Å². The van der Waals surface area contributed by atoms with Crippen LogP contribution in [0.1, 0.15) is 71.7 Å². The first-order valence-electron chi connectivity index (χ1n) is 13.1. The lowest BCUT2D eigenvalue weighted by atomic mass is 9.90. The summed E-state index contributed by atoms with van der Waals surface area (Å²) in [5.74, 6) is -1.49. The van der Waals surface area contributed by atoms with E-state index in [1.165, 1.54) is 6.07 Å². The Morgan fingerprint density at radius 2 is 1.62 bits per heavy atom. The van der Waals surface area contributed by atoms with Gasteiger partial charge in [0.2, 0.25) is 5.91 Å². The van der Waals surface area contributed by atoms with Crippen molar-refractivity contribution in [1.29, 1.82) is 0 Å². The Morgan fingerprint density at radius 1 is 0.949 bits per heavy atom. The topological polar surface area (TPSA) is 99.3 Å². The van der Waals surface area contributed by atoms with Gasteiger partial charge in [0, 0.05) is 34.8 Å². The normalized spacial score (nSPS) is 17.3. The van der Waals surface area contributed by atoms with Crippen LogP contribution >= 0.6 is 11.8 Å². The first-order chi connectivity index (χ1) is 18.6. The van der Waals surface area contributed by atoms with Crippen molar-refractivity contribution in [3.8, 4) is 0 Å². The second kappa shape index (κ2) is 14.3. The minimum absolute atomic E-state index is 0.177. The Balaban J connectivity index is 1.61. The Kier molecular flexibility index (Phi) is 11.1. The molecule has 2 atom stereocenters. The SMILES string of the molecule is CCCCNc1ccc(C(F)(F)F)cc1C(=O)NCC(=O)N[C@@H]1CCCC[C@@H]1NC(=O)c1ccc(SC)cc1. The third kappa shape index (κ3) is 8.91. The highest BCUT2D eigenvalue weighted by Gasteiger charge is 2.32. The first-order valence-corrected chi connectivity index (χ1v) is 14.3. The van der Waals surface area contributed by atoms with Gasteiger partial charge in [-0.15, -0.1) is 11.8 Å². The van der Waals surface area contributed by atoms with Gasteiger partial charge < -0.3 is 21.3 Å². The molecule has 39 heavy (non-hydrogen) atoms. The smallest absolute Gasteiger partial charge is 0.384 e. The molecule has 0 aliphatic heterocycles. The summed E-state index contributed by atoms with van der Waals surface area (Å²) in [5.41, 5.74) is -0.318. The van der Waals surface area contributed by atoms with Crippen LogP contribution in [0.5, 0.6) is 0 Å². The Labute approximate surface area is 231 Å². The van der Waals surface area contributed by atoms with E-state index in [1.807, 2.05) is 25.3 Å². The van der Waals surface area contributed by atoms with Gasteiger partial charge >= 0.3 is 6.18 Å². The number of amides is 3. The average molecular weight is 565 g/mol. The number of unbranched alkanes of at least 4 members (excludes halogenated alkanes) is 1. The van der Waals surface area contributed by atoms with Crippen molar-refractivity contribution in [3.63, 3.8) is 0 Å². The molecule has 7 nitrogen and oxygen atoms in total. The van der Waals surface area contributed by atoms with Crippen LogP contribution in [0.2, 0.25) is 0 Å². The van der Waals surface area contributed by atoms with E-state index >= 15 is 0 Å². The number of halogens is 3. The Bertz CT molecular complexity index is 1140. The Morgan fingerprint density at radius 3 is 2.23 bits per heavy atom. The molecule has 1 saturated carbocycles. The molecule has 0 bridgehead atoms. The molecular weight excluding hydrogens is 529 g/mol. The summed E-state index contributed by atoms with van der Waals surface area (Å²) < 4.78 is 39.8. The van der Waals surface area contributed by atoms with Gasteiger partial charge in [0.1, 0.15) is 0 Å². The zero-order valence-electron chi connectivity index (χ0n) is 22.1. The third-order valence-corrected chi connectivity index (χ3v) is 7.37. The Hall–Kier alpha value is -3.21. The van der Waals surface area contributed by atoms with Gasteiger partial charge in [-0.05, 0) is 68.0 Å². The van der Waals surface area contributed by atoms with Gasteiger partial charge in [-0.1, -0.05) is 26.2 Å². The van der Waals surface area contributed by atoms with Crippen LogP contribution in [0.25, 0.3) is 0 Å². The number of benzene rings is 2. The summed E-state index contributed by atoms with van der Waals surface area (Å²) >= 11 is 1.58. The molecule has 1 aliphatic carbocycles. The zero-order chi connectivity index (χ0) is 28.4. The van der Waals surface area contributed by atoms with Crippen molar-refractivity contribution in [2.24, 2.45) is 0 Å². The minimum atomic E-state index is -4.61. The number of nitrogens with one attached hydrogen (secondary N) is 4. The number of rotatable bonds is 11. The van der Waals surface area contributed by atoms with E-state index < -0.39 is 30.1 Å². The predicted octanol–water partition coefficient (Wildman–Crippen LogP) is 5.23. The van der Waals surface area contributed by atoms with E-state index in [4.69, 9.17) is 0 Å². The fourth-order valence-electron chi connectivity index (χ4n) is 4.45. The van der Waals surface area contributed by atoms with Gasteiger partial charge in [0.05, 0.1) is 17.7 Å². The van der Waals surface area contributed by atoms with Crippen molar-refractivity contribution in [1.82, 2.24) is 16.0 Å². The number of alkyl halides is 3. The van der Waals surface area contributed by atoms with E-state index in [0.717, 1.165) is 42.7 Å². The molecule has 0 heterocycles. The summed E-state index contributed by atoms with van der Waals surface area (Å²) in [7, 11) is 0. The van der Waals surface area contributed by atoms with Crippen LogP contribution in [0.4, 0.5) is 18.9 Å². The summed E-state index contributed by atoms with van der Waals surface area (Å²) in [6.07, 6.45) is 2.15. The van der Waals surface area contributed by atoms with Crippen molar-refractivity contribution in [2.75, 3.05) is 24.7 Å². The molecule has 212 valence electrons. The van der Waals surface area contributed by atoms with Crippen molar-refractivity contribution >= 4 is 35.2 Å². The molecular formula is C28H35F3N4O3S. The van der Waals surface area contributed by atoms with E-state index in [0.29, 0.717) is 24.9 Å². The van der Waals surface area contributed by atoms with Crippen LogP contribution in [-0.2, 0) is 11.0 Å². The van der Waals surface area contributed by atoms with Crippen LogP contribution in [0.15, 0.2) is 47.4 Å².